The Hall–Kier alpha value is -0.520. The van der Waals surface area contributed by atoms with Gasteiger partial charge >= 0.3 is 0 Å². The summed E-state index contributed by atoms with van der Waals surface area (Å²) in [6.07, 6.45) is 0. The van der Waals surface area contributed by atoms with Gasteiger partial charge in [0.2, 0.25) is 0 Å². The predicted molar refractivity (Wildman–Crippen MR) is 102 cm³/mol. The van der Waals surface area contributed by atoms with Gasteiger partial charge in [-0.05, 0) is 78.8 Å². The lowest BCUT2D eigenvalue weighted by molar-refractivity contribution is 0.424. The molecule has 1 N–H and O–H groups in total. The lowest BCUT2D eigenvalue weighted by atomic mass is 10.1. The van der Waals surface area contributed by atoms with Crippen LogP contribution < -0.4 is 5.32 Å². The summed E-state index contributed by atoms with van der Waals surface area (Å²) in [5.41, 5.74) is 2.88. The average Bonchev–Trinajstić information content (AvgIpc) is 2.44. The van der Waals surface area contributed by atoms with Crippen LogP contribution in [0.15, 0.2) is 53.4 Å². The zero-order valence-electron chi connectivity index (χ0n) is 12.8. The van der Waals surface area contributed by atoms with Crippen molar-refractivity contribution in [2.45, 2.75) is 43.5 Å². The molecule has 0 aliphatic heterocycles. The molecule has 0 radical (unpaired) electrons. The first kappa shape index (κ1) is 16.8. The molecule has 2 aromatic carbocycles. The fourth-order valence-corrected chi connectivity index (χ4v) is 3.15. The Balaban J connectivity index is 1.93. The summed E-state index contributed by atoms with van der Waals surface area (Å²) >= 11 is 4.24. The number of rotatable bonds is 5. The van der Waals surface area contributed by atoms with E-state index in [9.17, 15) is 0 Å². The molecule has 0 spiro atoms. The van der Waals surface area contributed by atoms with E-state index in [0.29, 0.717) is 0 Å². The third kappa shape index (κ3) is 6.41. The third-order valence-electron chi connectivity index (χ3n) is 3.04. The van der Waals surface area contributed by atoms with Crippen molar-refractivity contribution < 1.29 is 0 Å². The van der Waals surface area contributed by atoms with Crippen LogP contribution in [-0.4, -0.2) is 5.54 Å². The van der Waals surface area contributed by atoms with Gasteiger partial charge in [-0.2, -0.15) is 0 Å². The first-order valence-electron chi connectivity index (χ1n) is 7.14. The average molecular weight is 411 g/mol. The van der Waals surface area contributed by atoms with Gasteiger partial charge in [-0.1, -0.05) is 24.3 Å². The molecule has 0 saturated heterocycles. The van der Waals surface area contributed by atoms with E-state index in [4.69, 9.17) is 0 Å². The van der Waals surface area contributed by atoms with E-state index in [1.807, 2.05) is 11.8 Å². The Bertz CT molecular complexity index is 573. The van der Waals surface area contributed by atoms with Crippen molar-refractivity contribution in [3.63, 3.8) is 0 Å². The Labute approximate surface area is 146 Å². The maximum Gasteiger partial charge on any atom is 0.0232 e. The van der Waals surface area contributed by atoms with Gasteiger partial charge in [0.15, 0.2) is 0 Å². The SMILES string of the molecule is CC(C)(C)NCc1cccc(SCc2ccc(I)cc2)c1. The number of nitrogens with one attached hydrogen (secondary N) is 1. The first-order valence-corrected chi connectivity index (χ1v) is 9.20. The Kier molecular flexibility index (Phi) is 6.14. The van der Waals surface area contributed by atoms with E-state index in [1.165, 1.54) is 19.6 Å². The molecule has 0 heterocycles. The van der Waals surface area contributed by atoms with Gasteiger partial charge in [0, 0.05) is 26.3 Å². The highest BCUT2D eigenvalue weighted by Crippen LogP contribution is 2.24. The van der Waals surface area contributed by atoms with Crippen LogP contribution in [0.25, 0.3) is 0 Å². The molecule has 2 aromatic rings. The highest BCUT2D eigenvalue weighted by molar-refractivity contribution is 14.1. The van der Waals surface area contributed by atoms with Gasteiger partial charge in [-0.25, -0.2) is 0 Å². The van der Waals surface area contributed by atoms with E-state index in [2.05, 4.69) is 97.2 Å². The normalized spacial score (nSPS) is 11.6. The molecule has 1 nitrogen and oxygen atoms in total. The quantitative estimate of drug-likeness (QED) is 0.517. The first-order chi connectivity index (χ1) is 9.92. The Morgan fingerprint density at radius 2 is 1.71 bits per heavy atom. The number of benzene rings is 2. The molecule has 21 heavy (non-hydrogen) atoms. The number of halogens is 1. The van der Waals surface area contributed by atoms with Crippen molar-refractivity contribution in [2.75, 3.05) is 0 Å². The monoisotopic (exact) mass is 411 g/mol. The van der Waals surface area contributed by atoms with Crippen LogP contribution in [0.4, 0.5) is 0 Å². The maximum atomic E-state index is 3.54. The molecule has 0 bridgehead atoms. The zero-order valence-corrected chi connectivity index (χ0v) is 15.8. The standard InChI is InChI=1S/C18H22INS/c1-18(2,3)20-12-15-5-4-6-17(11-15)21-13-14-7-9-16(19)10-8-14/h4-11,20H,12-13H2,1-3H3. The molecule has 0 saturated carbocycles. The van der Waals surface area contributed by atoms with E-state index < -0.39 is 0 Å². The minimum atomic E-state index is 0.157. The summed E-state index contributed by atoms with van der Waals surface area (Å²) in [5.74, 6) is 1.02. The topological polar surface area (TPSA) is 12.0 Å². The lowest BCUT2D eigenvalue weighted by Crippen LogP contribution is -2.35. The Morgan fingerprint density at radius 3 is 2.38 bits per heavy atom. The smallest absolute Gasteiger partial charge is 0.0232 e. The second-order valence-electron chi connectivity index (χ2n) is 6.17. The van der Waals surface area contributed by atoms with Crippen LogP contribution in [0.2, 0.25) is 0 Å². The number of thioether (sulfide) groups is 1. The number of hydrogen-bond acceptors (Lipinski definition) is 2. The molecule has 0 atom stereocenters. The zero-order chi connectivity index (χ0) is 15.3. The van der Waals surface area contributed by atoms with E-state index >= 15 is 0 Å². The Morgan fingerprint density at radius 1 is 1.00 bits per heavy atom. The molecule has 0 aliphatic rings. The molecule has 0 aliphatic carbocycles. The van der Waals surface area contributed by atoms with E-state index in [1.54, 1.807) is 0 Å². The van der Waals surface area contributed by atoms with Gasteiger partial charge in [-0.3, -0.25) is 0 Å². The van der Waals surface area contributed by atoms with Crippen LogP contribution in [-0.2, 0) is 12.3 Å². The van der Waals surface area contributed by atoms with Crippen molar-refractivity contribution in [3.05, 3.63) is 63.2 Å². The van der Waals surface area contributed by atoms with Crippen molar-refractivity contribution in [1.29, 1.82) is 0 Å². The molecule has 0 amide bonds. The fourth-order valence-electron chi connectivity index (χ4n) is 1.86. The van der Waals surface area contributed by atoms with Gasteiger partial charge in [0.05, 0.1) is 0 Å². The van der Waals surface area contributed by atoms with Crippen molar-refractivity contribution in [3.8, 4) is 0 Å². The summed E-state index contributed by atoms with van der Waals surface area (Å²) in [4.78, 5) is 1.33. The van der Waals surface area contributed by atoms with E-state index in [0.717, 1.165) is 12.3 Å². The maximum absolute atomic E-state index is 3.54. The molecule has 112 valence electrons. The lowest BCUT2D eigenvalue weighted by Gasteiger charge is -2.20. The highest BCUT2D eigenvalue weighted by Gasteiger charge is 2.08. The van der Waals surface area contributed by atoms with Gasteiger partial charge in [0.1, 0.15) is 0 Å². The van der Waals surface area contributed by atoms with Crippen LogP contribution in [0.5, 0.6) is 0 Å². The molecule has 0 aromatic heterocycles. The van der Waals surface area contributed by atoms with Crippen molar-refractivity contribution in [1.82, 2.24) is 5.32 Å². The van der Waals surface area contributed by atoms with Crippen LogP contribution >= 0.6 is 34.4 Å². The summed E-state index contributed by atoms with van der Waals surface area (Å²) < 4.78 is 1.29. The van der Waals surface area contributed by atoms with Crippen LogP contribution in [0.3, 0.4) is 0 Å². The second-order valence-corrected chi connectivity index (χ2v) is 8.46. The molecular formula is C18H22INS. The van der Waals surface area contributed by atoms with Crippen LogP contribution in [0, 0.1) is 3.57 Å². The van der Waals surface area contributed by atoms with Crippen molar-refractivity contribution >= 4 is 34.4 Å². The summed E-state index contributed by atoms with van der Waals surface area (Å²) in [7, 11) is 0. The van der Waals surface area contributed by atoms with Crippen molar-refractivity contribution in [2.24, 2.45) is 0 Å². The summed E-state index contributed by atoms with van der Waals surface area (Å²) in [6.45, 7) is 7.51. The summed E-state index contributed by atoms with van der Waals surface area (Å²) in [6, 6.07) is 17.6. The van der Waals surface area contributed by atoms with E-state index in [-0.39, 0.29) is 5.54 Å². The number of hydrogen-bond donors (Lipinski definition) is 1. The van der Waals surface area contributed by atoms with Gasteiger partial charge in [-0.15, -0.1) is 11.8 Å². The van der Waals surface area contributed by atoms with Crippen LogP contribution in [0.1, 0.15) is 31.9 Å². The predicted octanol–water partition coefficient (Wildman–Crippen LogP) is 5.47. The summed E-state index contributed by atoms with van der Waals surface area (Å²) in [5, 5.41) is 3.54. The molecule has 3 heteroatoms. The fraction of sp³-hybridized carbons (Fsp3) is 0.333. The minimum Gasteiger partial charge on any atom is -0.308 e. The molecule has 2 rings (SSSR count). The highest BCUT2D eigenvalue weighted by atomic mass is 127. The molecular weight excluding hydrogens is 389 g/mol. The second kappa shape index (κ2) is 7.65. The molecule has 0 unspecified atom stereocenters. The third-order valence-corrected chi connectivity index (χ3v) is 4.82. The molecule has 0 fully saturated rings. The van der Waals surface area contributed by atoms with Gasteiger partial charge < -0.3 is 5.32 Å². The largest absolute Gasteiger partial charge is 0.308 e. The minimum absolute atomic E-state index is 0.157. The van der Waals surface area contributed by atoms with Gasteiger partial charge in [0.25, 0.3) is 0 Å².